The Labute approximate surface area is 105 Å². The number of fused-ring (bicyclic) bond motifs is 1. The van der Waals surface area contributed by atoms with E-state index in [0.29, 0.717) is 11.4 Å². The number of halogens is 1. The van der Waals surface area contributed by atoms with Crippen molar-refractivity contribution in [2.24, 2.45) is 0 Å². The van der Waals surface area contributed by atoms with Crippen molar-refractivity contribution in [3.05, 3.63) is 24.3 Å². The van der Waals surface area contributed by atoms with E-state index in [-0.39, 0.29) is 30.2 Å². The van der Waals surface area contributed by atoms with Gasteiger partial charge in [0.05, 0.1) is 11.4 Å². The molecule has 0 fully saturated rings. The molecule has 1 aliphatic heterocycles. The Hall–Kier alpha value is -1.55. The Morgan fingerprint density at radius 2 is 2.24 bits per heavy atom. The molecule has 1 aliphatic rings. The van der Waals surface area contributed by atoms with Crippen LogP contribution in [0, 0.1) is 0 Å². The summed E-state index contributed by atoms with van der Waals surface area (Å²) in [5.74, 6) is -0.370. The van der Waals surface area contributed by atoms with E-state index in [1.807, 2.05) is 25.1 Å². The summed E-state index contributed by atoms with van der Waals surface area (Å²) in [6.07, 6.45) is 0.275. The average molecular weight is 253 g/mol. The first-order chi connectivity index (χ1) is 8.13. The van der Waals surface area contributed by atoms with Gasteiger partial charge in [-0.25, -0.2) is 0 Å². The first-order valence-electron chi connectivity index (χ1n) is 5.40. The van der Waals surface area contributed by atoms with E-state index in [2.05, 4.69) is 5.32 Å². The van der Waals surface area contributed by atoms with E-state index in [1.54, 1.807) is 11.0 Å². The molecule has 1 unspecified atom stereocenters. The molecule has 0 bridgehead atoms. The van der Waals surface area contributed by atoms with Crippen LogP contribution in [0.15, 0.2) is 24.3 Å². The van der Waals surface area contributed by atoms with Crippen LogP contribution in [0.5, 0.6) is 0 Å². The van der Waals surface area contributed by atoms with Gasteiger partial charge in [-0.2, -0.15) is 0 Å². The minimum Gasteiger partial charge on any atom is -0.324 e. The van der Waals surface area contributed by atoms with Crippen LogP contribution in [-0.4, -0.2) is 23.7 Å². The van der Waals surface area contributed by atoms with Crippen molar-refractivity contribution in [1.82, 2.24) is 0 Å². The molecule has 0 aliphatic carbocycles. The second kappa shape index (κ2) is 4.75. The van der Waals surface area contributed by atoms with Crippen LogP contribution in [-0.2, 0) is 9.59 Å². The summed E-state index contributed by atoms with van der Waals surface area (Å²) in [5, 5.41) is 2.79. The molecule has 17 heavy (non-hydrogen) atoms. The van der Waals surface area contributed by atoms with Gasteiger partial charge in [0, 0.05) is 12.5 Å². The van der Waals surface area contributed by atoms with E-state index in [9.17, 15) is 9.59 Å². The molecule has 2 rings (SSSR count). The minimum absolute atomic E-state index is 0.0881. The summed E-state index contributed by atoms with van der Waals surface area (Å²) in [4.78, 5) is 25.1. The molecule has 0 saturated heterocycles. The smallest absolute Gasteiger partial charge is 0.242 e. The summed E-state index contributed by atoms with van der Waals surface area (Å²) in [6.45, 7) is 1.84. The fourth-order valence-electron chi connectivity index (χ4n) is 2.03. The van der Waals surface area contributed by atoms with Gasteiger partial charge >= 0.3 is 0 Å². The molecule has 90 valence electrons. The molecule has 1 aromatic carbocycles. The van der Waals surface area contributed by atoms with Crippen molar-refractivity contribution in [3.63, 3.8) is 0 Å². The van der Waals surface area contributed by atoms with Crippen LogP contribution in [0.3, 0.4) is 0 Å². The second-order valence-corrected chi connectivity index (χ2v) is 4.28. The maximum absolute atomic E-state index is 11.9. The van der Waals surface area contributed by atoms with Crippen molar-refractivity contribution >= 4 is 34.8 Å². The summed E-state index contributed by atoms with van der Waals surface area (Å²) >= 11 is 5.61. The monoisotopic (exact) mass is 252 g/mol. The zero-order valence-electron chi connectivity index (χ0n) is 9.44. The molecule has 0 saturated carbocycles. The van der Waals surface area contributed by atoms with Crippen LogP contribution in [0.25, 0.3) is 0 Å². The topological polar surface area (TPSA) is 49.4 Å². The number of benzene rings is 1. The molecular weight excluding hydrogens is 240 g/mol. The van der Waals surface area contributed by atoms with Gasteiger partial charge < -0.3 is 10.2 Å². The van der Waals surface area contributed by atoms with Gasteiger partial charge in [-0.15, -0.1) is 11.6 Å². The summed E-state index contributed by atoms with van der Waals surface area (Å²) in [6, 6.07) is 7.04. The molecule has 5 heteroatoms. The lowest BCUT2D eigenvalue weighted by atomic mass is 10.2. The fourth-order valence-corrected chi connectivity index (χ4v) is 2.16. The van der Waals surface area contributed by atoms with Gasteiger partial charge in [0.15, 0.2) is 0 Å². The lowest BCUT2D eigenvalue weighted by Gasteiger charge is -2.26. The van der Waals surface area contributed by atoms with Crippen molar-refractivity contribution in [3.8, 4) is 0 Å². The van der Waals surface area contributed by atoms with Crippen LogP contribution in [0.4, 0.5) is 11.4 Å². The molecule has 2 amide bonds. The Morgan fingerprint density at radius 1 is 1.53 bits per heavy atom. The van der Waals surface area contributed by atoms with Gasteiger partial charge in [0.1, 0.15) is 5.88 Å². The van der Waals surface area contributed by atoms with Crippen LogP contribution in [0.2, 0.25) is 0 Å². The number of carbonyl (C=O) groups is 2. The molecule has 0 spiro atoms. The molecule has 0 aromatic heterocycles. The molecule has 1 N–H and O–H groups in total. The number of alkyl halides is 1. The molecular formula is C12H13ClN2O2. The molecule has 1 aromatic rings. The predicted molar refractivity (Wildman–Crippen MR) is 67.4 cm³/mol. The quantitative estimate of drug-likeness (QED) is 0.777. The number of anilines is 2. The zero-order valence-corrected chi connectivity index (χ0v) is 10.2. The summed E-state index contributed by atoms with van der Waals surface area (Å²) in [7, 11) is 0. The summed E-state index contributed by atoms with van der Waals surface area (Å²) < 4.78 is 0. The first kappa shape index (κ1) is 11.9. The molecule has 1 atom stereocenters. The van der Waals surface area contributed by atoms with E-state index in [4.69, 9.17) is 11.6 Å². The van der Waals surface area contributed by atoms with Crippen LogP contribution in [0.1, 0.15) is 13.3 Å². The maximum atomic E-state index is 11.9. The van der Waals surface area contributed by atoms with Gasteiger partial charge in [-0.1, -0.05) is 12.1 Å². The Kier molecular flexibility index (Phi) is 3.33. The number of hydrogen-bond donors (Lipinski definition) is 1. The third-order valence-electron chi connectivity index (χ3n) is 2.74. The maximum Gasteiger partial charge on any atom is 0.242 e. The Balaban J connectivity index is 2.49. The number of para-hydroxylation sites is 2. The molecule has 0 radical (unpaired) electrons. The number of nitrogens with one attached hydrogen (secondary N) is 1. The lowest BCUT2D eigenvalue weighted by Crippen LogP contribution is -2.39. The minimum atomic E-state index is -0.192. The highest BCUT2D eigenvalue weighted by atomic mass is 35.5. The van der Waals surface area contributed by atoms with E-state index in [1.165, 1.54) is 0 Å². The van der Waals surface area contributed by atoms with E-state index in [0.717, 1.165) is 0 Å². The van der Waals surface area contributed by atoms with E-state index >= 15 is 0 Å². The number of hydrogen-bond acceptors (Lipinski definition) is 2. The highest BCUT2D eigenvalue weighted by molar-refractivity contribution is 6.29. The standard InChI is InChI=1S/C12H13ClN2O2/c1-8-6-11(16)14-9-4-2-3-5-10(9)15(8)12(17)7-13/h2-5,8H,6-7H2,1H3,(H,14,16). The molecule has 4 nitrogen and oxygen atoms in total. The molecule has 1 heterocycles. The average Bonchev–Trinajstić information content (AvgIpc) is 2.42. The highest BCUT2D eigenvalue weighted by Gasteiger charge is 2.28. The second-order valence-electron chi connectivity index (χ2n) is 4.02. The Bertz CT molecular complexity index is 462. The Morgan fingerprint density at radius 3 is 2.94 bits per heavy atom. The van der Waals surface area contributed by atoms with Crippen LogP contribution < -0.4 is 10.2 Å². The third-order valence-corrected chi connectivity index (χ3v) is 2.97. The van der Waals surface area contributed by atoms with E-state index < -0.39 is 0 Å². The van der Waals surface area contributed by atoms with Gasteiger partial charge in [0.2, 0.25) is 11.8 Å². The number of amides is 2. The van der Waals surface area contributed by atoms with Gasteiger partial charge in [0.25, 0.3) is 0 Å². The first-order valence-corrected chi connectivity index (χ1v) is 5.94. The third kappa shape index (κ3) is 2.26. The summed E-state index contributed by atoms with van der Waals surface area (Å²) in [5.41, 5.74) is 1.36. The lowest BCUT2D eigenvalue weighted by molar-refractivity contribution is -0.117. The predicted octanol–water partition coefficient (Wildman–Crippen LogP) is 1.99. The van der Waals surface area contributed by atoms with Crippen molar-refractivity contribution in [1.29, 1.82) is 0 Å². The van der Waals surface area contributed by atoms with Crippen molar-refractivity contribution < 1.29 is 9.59 Å². The number of carbonyl (C=O) groups excluding carboxylic acids is 2. The van der Waals surface area contributed by atoms with Crippen molar-refractivity contribution in [2.45, 2.75) is 19.4 Å². The SMILES string of the molecule is CC1CC(=O)Nc2ccccc2N1C(=O)CCl. The van der Waals surface area contributed by atoms with Gasteiger partial charge in [-0.3, -0.25) is 9.59 Å². The van der Waals surface area contributed by atoms with Crippen molar-refractivity contribution in [2.75, 3.05) is 16.1 Å². The number of rotatable bonds is 1. The highest BCUT2D eigenvalue weighted by Crippen LogP contribution is 2.31. The fraction of sp³-hybridized carbons (Fsp3) is 0.333. The normalized spacial score (nSPS) is 19.3. The zero-order chi connectivity index (χ0) is 12.4. The number of nitrogens with zero attached hydrogens (tertiary/aromatic N) is 1. The largest absolute Gasteiger partial charge is 0.324 e. The van der Waals surface area contributed by atoms with Crippen LogP contribution >= 0.6 is 11.6 Å². The van der Waals surface area contributed by atoms with Gasteiger partial charge in [-0.05, 0) is 19.1 Å².